The first-order valence-corrected chi connectivity index (χ1v) is 6.05. The van der Waals surface area contributed by atoms with E-state index in [-0.39, 0.29) is 0 Å². The van der Waals surface area contributed by atoms with Gasteiger partial charge in [0.1, 0.15) is 6.29 Å². The Kier molecular flexibility index (Phi) is 5.16. The van der Waals surface area contributed by atoms with E-state index in [9.17, 15) is 4.79 Å². The minimum atomic E-state index is 0.805. The third-order valence-corrected chi connectivity index (χ3v) is 2.88. The average molecular weight is 234 g/mol. The zero-order valence-electron chi connectivity index (χ0n) is 11.2. The highest BCUT2D eigenvalue weighted by Crippen LogP contribution is 2.19. The van der Waals surface area contributed by atoms with Crippen LogP contribution in [0.3, 0.4) is 0 Å². The Labute approximate surface area is 104 Å². The SMILES string of the molecule is CCc1c(C)cc(NCCN(C)C)cc1C=O. The number of carbonyl (C=O) groups is 1. The van der Waals surface area contributed by atoms with Gasteiger partial charge in [-0.25, -0.2) is 0 Å². The molecule has 94 valence electrons. The summed E-state index contributed by atoms with van der Waals surface area (Å²) in [7, 11) is 4.09. The van der Waals surface area contributed by atoms with E-state index in [1.807, 2.05) is 20.2 Å². The van der Waals surface area contributed by atoms with Crippen molar-refractivity contribution in [2.24, 2.45) is 0 Å². The molecule has 0 atom stereocenters. The van der Waals surface area contributed by atoms with Crippen LogP contribution < -0.4 is 5.32 Å². The van der Waals surface area contributed by atoms with Crippen molar-refractivity contribution in [1.29, 1.82) is 0 Å². The van der Waals surface area contributed by atoms with Gasteiger partial charge < -0.3 is 10.2 Å². The maximum absolute atomic E-state index is 11.0. The van der Waals surface area contributed by atoms with Crippen molar-refractivity contribution in [1.82, 2.24) is 4.90 Å². The largest absolute Gasteiger partial charge is 0.384 e. The Morgan fingerprint density at radius 1 is 1.35 bits per heavy atom. The number of nitrogens with zero attached hydrogens (tertiary/aromatic N) is 1. The number of aldehydes is 1. The summed E-state index contributed by atoms with van der Waals surface area (Å²) in [5.41, 5.74) is 4.17. The highest BCUT2D eigenvalue weighted by atomic mass is 16.1. The van der Waals surface area contributed by atoms with E-state index >= 15 is 0 Å². The number of anilines is 1. The molecule has 0 unspecified atom stereocenters. The van der Waals surface area contributed by atoms with Crippen LogP contribution in [0.5, 0.6) is 0 Å². The van der Waals surface area contributed by atoms with Crippen molar-refractivity contribution >= 4 is 12.0 Å². The first-order chi connectivity index (χ1) is 8.08. The topological polar surface area (TPSA) is 32.3 Å². The Morgan fingerprint density at radius 3 is 2.59 bits per heavy atom. The fourth-order valence-corrected chi connectivity index (χ4v) is 1.96. The fourth-order valence-electron chi connectivity index (χ4n) is 1.96. The summed E-state index contributed by atoms with van der Waals surface area (Å²) < 4.78 is 0. The number of hydrogen-bond donors (Lipinski definition) is 1. The smallest absolute Gasteiger partial charge is 0.150 e. The molecule has 0 aliphatic carbocycles. The van der Waals surface area contributed by atoms with E-state index in [0.29, 0.717) is 0 Å². The lowest BCUT2D eigenvalue weighted by Gasteiger charge is -2.14. The number of rotatable bonds is 6. The second kappa shape index (κ2) is 6.40. The number of hydrogen-bond acceptors (Lipinski definition) is 3. The van der Waals surface area contributed by atoms with Crippen molar-refractivity contribution in [2.75, 3.05) is 32.5 Å². The molecule has 3 heteroatoms. The summed E-state index contributed by atoms with van der Waals surface area (Å²) >= 11 is 0. The van der Waals surface area contributed by atoms with Gasteiger partial charge in [-0.3, -0.25) is 4.79 Å². The van der Waals surface area contributed by atoms with Crippen LogP contribution in [0.4, 0.5) is 5.69 Å². The van der Waals surface area contributed by atoms with Gasteiger partial charge in [0.15, 0.2) is 0 Å². The Morgan fingerprint density at radius 2 is 2.06 bits per heavy atom. The minimum Gasteiger partial charge on any atom is -0.384 e. The summed E-state index contributed by atoms with van der Waals surface area (Å²) in [6.45, 7) is 6.00. The first-order valence-electron chi connectivity index (χ1n) is 6.05. The molecule has 0 aliphatic rings. The van der Waals surface area contributed by atoms with Crippen molar-refractivity contribution in [3.8, 4) is 0 Å². The summed E-state index contributed by atoms with van der Waals surface area (Å²) in [6.07, 6.45) is 1.85. The molecule has 0 saturated carbocycles. The van der Waals surface area contributed by atoms with Gasteiger partial charge in [-0.2, -0.15) is 0 Å². The van der Waals surface area contributed by atoms with Crippen LogP contribution in [0, 0.1) is 6.92 Å². The molecule has 0 heterocycles. The van der Waals surface area contributed by atoms with Crippen molar-refractivity contribution in [3.05, 3.63) is 28.8 Å². The van der Waals surface area contributed by atoms with Gasteiger partial charge in [-0.1, -0.05) is 6.92 Å². The number of likely N-dealkylation sites (N-methyl/N-ethyl adjacent to an activating group) is 1. The van der Waals surface area contributed by atoms with E-state index in [1.54, 1.807) is 0 Å². The van der Waals surface area contributed by atoms with Crippen LogP contribution in [-0.2, 0) is 6.42 Å². The average Bonchev–Trinajstić information content (AvgIpc) is 2.27. The van der Waals surface area contributed by atoms with Gasteiger partial charge >= 0.3 is 0 Å². The highest BCUT2D eigenvalue weighted by molar-refractivity contribution is 5.80. The van der Waals surface area contributed by atoms with Gasteiger partial charge in [0.2, 0.25) is 0 Å². The molecule has 0 saturated heterocycles. The number of carbonyl (C=O) groups excluding carboxylic acids is 1. The first kappa shape index (κ1) is 13.7. The van der Waals surface area contributed by atoms with Gasteiger partial charge in [-0.15, -0.1) is 0 Å². The third-order valence-electron chi connectivity index (χ3n) is 2.88. The number of benzene rings is 1. The molecule has 1 N–H and O–H groups in total. The third kappa shape index (κ3) is 3.86. The summed E-state index contributed by atoms with van der Waals surface area (Å²) in [6, 6.07) is 4.05. The number of nitrogens with one attached hydrogen (secondary N) is 1. The highest BCUT2D eigenvalue weighted by Gasteiger charge is 2.05. The van der Waals surface area contributed by atoms with Crippen LogP contribution in [0.15, 0.2) is 12.1 Å². The van der Waals surface area contributed by atoms with E-state index in [2.05, 4.69) is 30.1 Å². The van der Waals surface area contributed by atoms with Crippen LogP contribution in [0.25, 0.3) is 0 Å². The summed E-state index contributed by atoms with van der Waals surface area (Å²) in [5.74, 6) is 0. The van der Waals surface area contributed by atoms with E-state index in [0.717, 1.165) is 42.6 Å². The molecule has 0 spiro atoms. The molecule has 1 aromatic rings. The molecule has 0 aromatic heterocycles. The molecule has 0 fully saturated rings. The van der Waals surface area contributed by atoms with E-state index < -0.39 is 0 Å². The molecule has 0 bridgehead atoms. The standard InChI is InChI=1S/C14H22N2O/c1-5-14-11(2)8-13(9-12(14)10-17)15-6-7-16(3)4/h8-10,15H,5-7H2,1-4H3. The van der Waals surface area contributed by atoms with Crippen molar-refractivity contribution < 1.29 is 4.79 Å². The minimum absolute atomic E-state index is 0.805. The molecule has 0 aliphatic heterocycles. The molecule has 1 rings (SSSR count). The number of aryl methyl sites for hydroxylation is 1. The summed E-state index contributed by atoms with van der Waals surface area (Å²) in [4.78, 5) is 13.2. The molecular formula is C14H22N2O. The van der Waals surface area contributed by atoms with E-state index in [4.69, 9.17) is 0 Å². The van der Waals surface area contributed by atoms with Crippen LogP contribution in [0.2, 0.25) is 0 Å². The lowest BCUT2D eigenvalue weighted by atomic mass is 9.99. The predicted octanol–water partition coefficient (Wildman–Crippen LogP) is 2.34. The normalized spacial score (nSPS) is 10.6. The van der Waals surface area contributed by atoms with Gasteiger partial charge in [0.05, 0.1) is 0 Å². The Bertz CT molecular complexity index is 386. The van der Waals surface area contributed by atoms with Crippen molar-refractivity contribution in [3.63, 3.8) is 0 Å². The molecule has 3 nitrogen and oxygen atoms in total. The molecule has 1 aromatic carbocycles. The quantitative estimate of drug-likeness (QED) is 0.767. The van der Waals surface area contributed by atoms with Crippen LogP contribution >= 0.6 is 0 Å². The monoisotopic (exact) mass is 234 g/mol. The van der Waals surface area contributed by atoms with Gasteiger partial charge in [0, 0.05) is 24.3 Å². The zero-order chi connectivity index (χ0) is 12.8. The molecule has 0 radical (unpaired) electrons. The molecule has 0 amide bonds. The zero-order valence-corrected chi connectivity index (χ0v) is 11.2. The molecular weight excluding hydrogens is 212 g/mol. The molecule has 17 heavy (non-hydrogen) atoms. The Hall–Kier alpha value is -1.35. The predicted molar refractivity (Wildman–Crippen MR) is 73.0 cm³/mol. The maximum Gasteiger partial charge on any atom is 0.150 e. The Balaban J connectivity index is 2.81. The lowest BCUT2D eigenvalue weighted by molar-refractivity contribution is 0.112. The second-order valence-electron chi connectivity index (χ2n) is 4.56. The lowest BCUT2D eigenvalue weighted by Crippen LogP contribution is -2.20. The maximum atomic E-state index is 11.0. The second-order valence-corrected chi connectivity index (χ2v) is 4.56. The van der Waals surface area contributed by atoms with Crippen LogP contribution in [-0.4, -0.2) is 38.4 Å². The van der Waals surface area contributed by atoms with Gasteiger partial charge in [0.25, 0.3) is 0 Å². The summed E-state index contributed by atoms with van der Waals surface area (Å²) in [5, 5.41) is 3.34. The van der Waals surface area contributed by atoms with Crippen LogP contribution in [0.1, 0.15) is 28.4 Å². The van der Waals surface area contributed by atoms with Gasteiger partial charge in [-0.05, 0) is 50.7 Å². The van der Waals surface area contributed by atoms with E-state index in [1.165, 1.54) is 5.56 Å². The fraction of sp³-hybridized carbons (Fsp3) is 0.500. The van der Waals surface area contributed by atoms with Crippen molar-refractivity contribution in [2.45, 2.75) is 20.3 Å².